The quantitative estimate of drug-likeness (QED) is 0.485. The second-order valence-corrected chi connectivity index (χ2v) is 3.92. The molecule has 0 aliphatic carbocycles. The largest absolute Gasteiger partial charge is 0.300 e. The highest BCUT2D eigenvalue weighted by atomic mass is 35.5. The van der Waals surface area contributed by atoms with Crippen molar-refractivity contribution in [2.45, 2.75) is 19.8 Å². The lowest BCUT2D eigenvalue weighted by atomic mass is 9.99. The average Bonchev–Trinajstić information content (AvgIpc) is 2.09. The van der Waals surface area contributed by atoms with Crippen molar-refractivity contribution in [3.8, 4) is 0 Å². The Hall–Kier alpha value is -0.0100. The van der Waals surface area contributed by atoms with Crippen LogP contribution in [-0.2, 0) is 0 Å². The molecule has 0 unspecified atom stereocenters. The highest BCUT2D eigenvalue weighted by molar-refractivity contribution is 6.18. The van der Waals surface area contributed by atoms with Gasteiger partial charge in [-0.1, -0.05) is 19.1 Å². The van der Waals surface area contributed by atoms with Crippen molar-refractivity contribution >= 4 is 11.6 Å². The Morgan fingerprint density at radius 2 is 2.00 bits per heavy atom. The summed E-state index contributed by atoms with van der Waals surface area (Å²) in [7, 11) is 0. The topological polar surface area (TPSA) is 3.24 Å². The van der Waals surface area contributed by atoms with Crippen LogP contribution in [0.25, 0.3) is 0 Å². The molecular formula is C10H18ClN. The van der Waals surface area contributed by atoms with Crippen LogP contribution in [0.1, 0.15) is 19.8 Å². The maximum Gasteiger partial charge on any atom is 0.0404 e. The van der Waals surface area contributed by atoms with E-state index in [1.54, 1.807) is 0 Å². The van der Waals surface area contributed by atoms with Crippen LogP contribution in [0.4, 0.5) is 0 Å². The molecule has 0 spiro atoms. The van der Waals surface area contributed by atoms with Crippen molar-refractivity contribution in [3.05, 3.63) is 12.2 Å². The van der Waals surface area contributed by atoms with Gasteiger partial charge >= 0.3 is 0 Å². The summed E-state index contributed by atoms with van der Waals surface area (Å²) in [5.74, 6) is 1.57. The molecule has 0 amide bonds. The minimum Gasteiger partial charge on any atom is -0.300 e. The lowest BCUT2D eigenvalue weighted by Gasteiger charge is -2.29. The van der Waals surface area contributed by atoms with Crippen LogP contribution in [0.15, 0.2) is 12.2 Å². The normalized spacial score (nSPS) is 22.2. The minimum absolute atomic E-state index is 0.643. The molecule has 0 aromatic heterocycles. The van der Waals surface area contributed by atoms with E-state index in [4.69, 9.17) is 11.6 Å². The third-order valence-corrected chi connectivity index (χ3v) is 2.67. The first kappa shape index (κ1) is 10.1. The van der Waals surface area contributed by atoms with Crippen molar-refractivity contribution in [1.82, 2.24) is 4.90 Å². The van der Waals surface area contributed by atoms with Crippen LogP contribution in [0.5, 0.6) is 0 Å². The molecule has 1 nitrogen and oxygen atoms in total. The van der Waals surface area contributed by atoms with Crippen molar-refractivity contribution in [2.75, 3.05) is 25.5 Å². The number of piperidine rings is 1. The van der Waals surface area contributed by atoms with Crippen molar-refractivity contribution in [3.63, 3.8) is 0 Å². The fraction of sp³-hybridized carbons (Fsp3) is 0.800. The van der Waals surface area contributed by atoms with E-state index in [1.165, 1.54) is 25.9 Å². The van der Waals surface area contributed by atoms with E-state index in [0.29, 0.717) is 5.88 Å². The van der Waals surface area contributed by atoms with Crippen LogP contribution < -0.4 is 0 Å². The van der Waals surface area contributed by atoms with Gasteiger partial charge in [-0.05, 0) is 31.8 Å². The molecule has 1 rings (SSSR count). The Kier molecular flexibility index (Phi) is 4.70. The first-order chi connectivity index (χ1) is 5.83. The first-order valence-corrected chi connectivity index (χ1v) is 5.29. The van der Waals surface area contributed by atoms with E-state index in [1.807, 2.05) is 6.08 Å². The van der Waals surface area contributed by atoms with Gasteiger partial charge in [0.15, 0.2) is 0 Å². The maximum absolute atomic E-state index is 5.54. The summed E-state index contributed by atoms with van der Waals surface area (Å²) in [5, 5.41) is 0. The van der Waals surface area contributed by atoms with Crippen LogP contribution in [0.3, 0.4) is 0 Å². The van der Waals surface area contributed by atoms with Gasteiger partial charge in [-0.15, -0.1) is 11.6 Å². The molecule has 1 aliphatic rings. The van der Waals surface area contributed by atoms with E-state index in [-0.39, 0.29) is 0 Å². The van der Waals surface area contributed by atoms with Gasteiger partial charge in [0.25, 0.3) is 0 Å². The maximum atomic E-state index is 5.54. The molecule has 0 bridgehead atoms. The SMILES string of the molecule is CC1CCN(CC=CCCl)CC1. The molecule has 1 heterocycles. The van der Waals surface area contributed by atoms with Gasteiger partial charge in [-0.3, -0.25) is 4.90 Å². The van der Waals surface area contributed by atoms with E-state index >= 15 is 0 Å². The average molecular weight is 188 g/mol. The summed E-state index contributed by atoms with van der Waals surface area (Å²) < 4.78 is 0. The Balaban J connectivity index is 2.13. The molecule has 0 saturated carbocycles. The standard InChI is InChI=1S/C10H18ClN/c1-10-4-8-12(9-5-10)7-3-2-6-11/h2-3,10H,4-9H2,1H3. The summed E-state index contributed by atoms with van der Waals surface area (Å²) in [6.07, 6.45) is 6.91. The van der Waals surface area contributed by atoms with E-state index in [0.717, 1.165) is 12.5 Å². The second kappa shape index (κ2) is 5.60. The fourth-order valence-corrected chi connectivity index (χ4v) is 1.66. The molecule has 1 aliphatic heterocycles. The molecule has 0 aromatic rings. The number of allylic oxidation sites excluding steroid dienone is 1. The molecule has 1 fully saturated rings. The smallest absolute Gasteiger partial charge is 0.0404 e. The molecule has 0 aromatic carbocycles. The zero-order chi connectivity index (χ0) is 8.81. The lowest BCUT2D eigenvalue weighted by molar-refractivity contribution is 0.210. The van der Waals surface area contributed by atoms with Crippen molar-refractivity contribution < 1.29 is 0 Å². The number of alkyl halides is 1. The zero-order valence-electron chi connectivity index (χ0n) is 7.80. The van der Waals surface area contributed by atoms with E-state index in [9.17, 15) is 0 Å². The van der Waals surface area contributed by atoms with Crippen molar-refractivity contribution in [1.29, 1.82) is 0 Å². The van der Waals surface area contributed by atoms with Gasteiger partial charge in [-0.2, -0.15) is 0 Å². The molecule has 12 heavy (non-hydrogen) atoms. The van der Waals surface area contributed by atoms with Crippen LogP contribution in [0.2, 0.25) is 0 Å². The van der Waals surface area contributed by atoms with Gasteiger partial charge < -0.3 is 0 Å². The van der Waals surface area contributed by atoms with Gasteiger partial charge in [-0.25, -0.2) is 0 Å². The van der Waals surface area contributed by atoms with Gasteiger partial charge in [0.2, 0.25) is 0 Å². The van der Waals surface area contributed by atoms with Gasteiger partial charge in [0.1, 0.15) is 0 Å². The Morgan fingerprint density at radius 1 is 1.33 bits per heavy atom. The van der Waals surface area contributed by atoms with Crippen LogP contribution in [0, 0.1) is 5.92 Å². The third kappa shape index (κ3) is 3.59. The Bertz CT molecular complexity index is 137. The highest BCUT2D eigenvalue weighted by Gasteiger charge is 2.13. The van der Waals surface area contributed by atoms with Crippen molar-refractivity contribution in [2.24, 2.45) is 5.92 Å². The fourth-order valence-electron chi connectivity index (χ4n) is 1.53. The summed E-state index contributed by atoms with van der Waals surface area (Å²) in [6.45, 7) is 5.94. The summed E-state index contributed by atoms with van der Waals surface area (Å²) in [5.41, 5.74) is 0. The molecule has 0 atom stereocenters. The summed E-state index contributed by atoms with van der Waals surface area (Å²) >= 11 is 5.54. The molecule has 0 radical (unpaired) electrons. The van der Waals surface area contributed by atoms with Gasteiger partial charge in [0.05, 0.1) is 0 Å². The number of hydrogen-bond acceptors (Lipinski definition) is 1. The molecule has 0 N–H and O–H groups in total. The lowest BCUT2D eigenvalue weighted by Crippen LogP contribution is -2.32. The monoisotopic (exact) mass is 187 g/mol. The molecule has 1 saturated heterocycles. The van der Waals surface area contributed by atoms with Gasteiger partial charge in [0, 0.05) is 12.4 Å². The predicted molar refractivity (Wildman–Crippen MR) is 54.7 cm³/mol. The number of halogens is 1. The number of rotatable bonds is 3. The first-order valence-electron chi connectivity index (χ1n) is 4.76. The highest BCUT2D eigenvalue weighted by Crippen LogP contribution is 2.15. The zero-order valence-corrected chi connectivity index (χ0v) is 8.56. The number of hydrogen-bond donors (Lipinski definition) is 0. The van der Waals surface area contributed by atoms with E-state index < -0.39 is 0 Å². The molecule has 70 valence electrons. The minimum atomic E-state index is 0.643. The molecular weight excluding hydrogens is 170 g/mol. The number of nitrogens with zero attached hydrogens (tertiary/aromatic N) is 1. The van der Waals surface area contributed by atoms with Crippen LogP contribution >= 0.6 is 11.6 Å². The predicted octanol–water partition coefficient (Wildman–Crippen LogP) is 2.51. The number of likely N-dealkylation sites (tertiary alicyclic amines) is 1. The second-order valence-electron chi connectivity index (χ2n) is 3.61. The molecule has 2 heteroatoms. The third-order valence-electron chi connectivity index (χ3n) is 2.50. The van der Waals surface area contributed by atoms with E-state index in [2.05, 4.69) is 17.9 Å². The Labute approximate surface area is 80.4 Å². The Morgan fingerprint density at radius 3 is 2.58 bits per heavy atom. The summed E-state index contributed by atoms with van der Waals surface area (Å²) in [4.78, 5) is 2.49. The summed E-state index contributed by atoms with van der Waals surface area (Å²) in [6, 6.07) is 0. The van der Waals surface area contributed by atoms with Crippen LogP contribution in [-0.4, -0.2) is 30.4 Å².